The Balaban J connectivity index is 0.000000272. The third kappa shape index (κ3) is 4.31. The van der Waals surface area contributed by atoms with E-state index in [2.05, 4.69) is 43.2 Å². The molecule has 0 atom stereocenters. The van der Waals surface area contributed by atoms with E-state index in [4.69, 9.17) is 16.3 Å². The van der Waals surface area contributed by atoms with Crippen LogP contribution in [0, 0.1) is 3.57 Å². The standard InChI is InChI=1S/C10H9ClIN3O.C4H9N/c1-13-9-5-3-8(16-2)6(12)4-7(5)14-10(11)15-9;1-2-4-5-3-1/h3-4H,1-2H3,(H,13,14,15);5H,1-4H2. The van der Waals surface area contributed by atoms with Gasteiger partial charge in [-0.3, -0.25) is 0 Å². The molecule has 1 aliphatic rings. The van der Waals surface area contributed by atoms with Gasteiger partial charge < -0.3 is 15.4 Å². The van der Waals surface area contributed by atoms with Gasteiger partial charge in [-0.05, 0) is 72.3 Å². The summed E-state index contributed by atoms with van der Waals surface area (Å²) in [5, 5.41) is 7.34. The van der Waals surface area contributed by atoms with E-state index in [1.165, 1.54) is 25.9 Å². The zero-order valence-electron chi connectivity index (χ0n) is 12.0. The molecule has 1 aliphatic heterocycles. The number of fused-ring (bicyclic) bond motifs is 1. The Labute approximate surface area is 143 Å². The smallest absolute Gasteiger partial charge is 0.224 e. The van der Waals surface area contributed by atoms with E-state index in [0.29, 0.717) is 5.82 Å². The Hall–Kier alpha value is -0.860. The van der Waals surface area contributed by atoms with E-state index in [0.717, 1.165) is 20.2 Å². The number of aromatic nitrogens is 2. The summed E-state index contributed by atoms with van der Waals surface area (Å²) in [6, 6.07) is 3.82. The number of ether oxygens (including phenoxy) is 1. The van der Waals surface area contributed by atoms with Crippen molar-refractivity contribution in [1.29, 1.82) is 0 Å². The Morgan fingerprint density at radius 1 is 1.29 bits per heavy atom. The molecular formula is C14H18ClIN4O. The number of nitrogens with zero attached hydrogens (tertiary/aromatic N) is 2. The molecule has 1 aromatic heterocycles. The van der Waals surface area contributed by atoms with E-state index in [-0.39, 0.29) is 5.28 Å². The highest BCUT2D eigenvalue weighted by Crippen LogP contribution is 2.30. The molecule has 0 spiro atoms. The van der Waals surface area contributed by atoms with E-state index in [9.17, 15) is 0 Å². The van der Waals surface area contributed by atoms with Crippen molar-refractivity contribution in [1.82, 2.24) is 15.3 Å². The normalized spacial score (nSPS) is 13.7. The van der Waals surface area contributed by atoms with Crippen LogP contribution >= 0.6 is 34.2 Å². The molecule has 5 nitrogen and oxygen atoms in total. The van der Waals surface area contributed by atoms with Gasteiger partial charge in [0.2, 0.25) is 5.28 Å². The summed E-state index contributed by atoms with van der Waals surface area (Å²) >= 11 is 8.03. The molecule has 114 valence electrons. The van der Waals surface area contributed by atoms with Crippen LogP contribution in [-0.2, 0) is 0 Å². The molecule has 0 saturated carbocycles. The Kier molecular flexibility index (Phi) is 6.25. The van der Waals surface area contributed by atoms with Crippen molar-refractivity contribution in [3.05, 3.63) is 21.0 Å². The summed E-state index contributed by atoms with van der Waals surface area (Å²) in [7, 11) is 3.43. The van der Waals surface area contributed by atoms with Crippen LogP contribution in [0.2, 0.25) is 5.28 Å². The molecular weight excluding hydrogens is 403 g/mol. The molecule has 3 rings (SSSR count). The van der Waals surface area contributed by atoms with Crippen molar-refractivity contribution in [2.45, 2.75) is 12.8 Å². The second-order valence-corrected chi connectivity index (χ2v) is 6.05. The highest BCUT2D eigenvalue weighted by molar-refractivity contribution is 14.1. The third-order valence-electron chi connectivity index (χ3n) is 3.14. The molecule has 0 bridgehead atoms. The van der Waals surface area contributed by atoms with Gasteiger partial charge in [0.05, 0.1) is 16.2 Å². The fourth-order valence-corrected chi connectivity index (χ4v) is 2.92. The molecule has 2 aromatic rings. The van der Waals surface area contributed by atoms with Crippen LogP contribution in [0.1, 0.15) is 12.8 Å². The van der Waals surface area contributed by atoms with Crippen LogP contribution < -0.4 is 15.4 Å². The van der Waals surface area contributed by atoms with E-state index in [1.807, 2.05) is 12.1 Å². The molecule has 1 saturated heterocycles. The molecule has 0 radical (unpaired) electrons. The second-order valence-electron chi connectivity index (χ2n) is 4.55. The van der Waals surface area contributed by atoms with Crippen LogP contribution in [0.3, 0.4) is 0 Å². The number of hydrogen-bond acceptors (Lipinski definition) is 5. The van der Waals surface area contributed by atoms with Gasteiger partial charge in [-0.25, -0.2) is 9.97 Å². The van der Waals surface area contributed by atoms with Gasteiger partial charge in [0.15, 0.2) is 0 Å². The largest absolute Gasteiger partial charge is 0.496 e. The first-order valence-electron chi connectivity index (χ1n) is 6.75. The maximum absolute atomic E-state index is 5.83. The lowest BCUT2D eigenvalue weighted by molar-refractivity contribution is 0.412. The lowest BCUT2D eigenvalue weighted by Crippen LogP contribution is -2.03. The summed E-state index contributed by atoms with van der Waals surface area (Å²) < 4.78 is 6.25. The summed E-state index contributed by atoms with van der Waals surface area (Å²) in [4.78, 5) is 8.28. The maximum Gasteiger partial charge on any atom is 0.224 e. The number of rotatable bonds is 2. The van der Waals surface area contributed by atoms with Gasteiger partial charge in [-0.2, -0.15) is 0 Å². The predicted molar refractivity (Wildman–Crippen MR) is 95.5 cm³/mol. The molecule has 0 unspecified atom stereocenters. The summed E-state index contributed by atoms with van der Waals surface area (Å²) in [6.45, 7) is 2.50. The summed E-state index contributed by atoms with van der Waals surface area (Å²) in [5.74, 6) is 1.50. The topological polar surface area (TPSA) is 59.1 Å². The molecule has 0 amide bonds. The molecule has 0 aliphatic carbocycles. The molecule has 2 N–H and O–H groups in total. The molecule has 2 heterocycles. The van der Waals surface area contributed by atoms with Gasteiger partial charge in [0.25, 0.3) is 0 Å². The average molecular weight is 421 g/mol. The summed E-state index contributed by atoms with van der Waals surface area (Å²) in [6.07, 6.45) is 2.78. The van der Waals surface area contributed by atoms with Gasteiger partial charge in [0, 0.05) is 12.4 Å². The number of benzene rings is 1. The van der Waals surface area contributed by atoms with Gasteiger partial charge >= 0.3 is 0 Å². The Morgan fingerprint density at radius 3 is 2.52 bits per heavy atom. The molecule has 21 heavy (non-hydrogen) atoms. The zero-order valence-corrected chi connectivity index (χ0v) is 15.0. The minimum Gasteiger partial charge on any atom is -0.496 e. The van der Waals surface area contributed by atoms with Crippen molar-refractivity contribution < 1.29 is 4.74 Å². The number of anilines is 1. The molecule has 1 aromatic carbocycles. The minimum absolute atomic E-state index is 0.234. The number of nitrogens with one attached hydrogen (secondary N) is 2. The highest BCUT2D eigenvalue weighted by Gasteiger charge is 2.09. The SMILES string of the molecule is C1CCNC1.CNc1nc(Cl)nc2cc(I)c(OC)cc12. The van der Waals surface area contributed by atoms with Crippen LogP contribution in [0.5, 0.6) is 5.75 Å². The number of methoxy groups -OCH3 is 1. The monoisotopic (exact) mass is 420 g/mol. The fourth-order valence-electron chi connectivity index (χ4n) is 2.07. The fraction of sp³-hybridized carbons (Fsp3) is 0.429. The van der Waals surface area contributed by atoms with E-state index in [1.54, 1.807) is 14.2 Å². The van der Waals surface area contributed by atoms with Crippen LogP contribution in [0.25, 0.3) is 10.9 Å². The highest BCUT2D eigenvalue weighted by atomic mass is 127. The average Bonchev–Trinajstić information content (AvgIpc) is 3.05. The molecule has 7 heteroatoms. The van der Waals surface area contributed by atoms with E-state index >= 15 is 0 Å². The first-order chi connectivity index (χ1) is 10.2. The first kappa shape index (κ1) is 16.5. The predicted octanol–water partition coefficient (Wildman–Crippen LogP) is 3.31. The summed E-state index contributed by atoms with van der Waals surface area (Å²) in [5.41, 5.74) is 0.801. The number of halogens is 2. The lowest BCUT2D eigenvalue weighted by Gasteiger charge is -2.08. The molecule has 1 fully saturated rings. The minimum atomic E-state index is 0.234. The van der Waals surface area contributed by atoms with Gasteiger partial charge in [0.1, 0.15) is 11.6 Å². The van der Waals surface area contributed by atoms with Crippen LogP contribution in [0.15, 0.2) is 12.1 Å². The van der Waals surface area contributed by atoms with Gasteiger partial charge in [-0.1, -0.05) is 0 Å². The van der Waals surface area contributed by atoms with Crippen molar-refractivity contribution >= 4 is 50.9 Å². The second kappa shape index (κ2) is 7.95. The maximum atomic E-state index is 5.83. The van der Waals surface area contributed by atoms with Crippen LogP contribution in [0.4, 0.5) is 5.82 Å². The van der Waals surface area contributed by atoms with Crippen molar-refractivity contribution in [2.75, 3.05) is 32.6 Å². The Bertz CT molecular complexity index is 612. The van der Waals surface area contributed by atoms with Crippen molar-refractivity contribution in [2.24, 2.45) is 0 Å². The quantitative estimate of drug-likeness (QED) is 0.577. The zero-order chi connectivity index (χ0) is 15.2. The van der Waals surface area contributed by atoms with Crippen molar-refractivity contribution in [3.8, 4) is 5.75 Å². The first-order valence-corrected chi connectivity index (χ1v) is 8.20. The van der Waals surface area contributed by atoms with Crippen molar-refractivity contribution in [3.63, 3.8) is 0 Å². The number of hydrogen-bond donors (Lipinski definition) is 2. The van der Waals surface area contributed by atoms with Crippen LogP contribution in [-0.4, -0.2) is 37.2 Å². The third-order valence-corrected chi connectivity index (χ3v) is 4.15. The lowest BCUT2D eigenvalue weighted by atomic mass is 10.2. The Morgan fingerprint density at radius 2 is 2.00 bits per heavy atom. The van der Waals surface area contributed by atoms with Gasteiger partial charge in [-0.15, -0.1) is 0 Å². The van der Waals surface area contributed by atoms with E-state index < -0.39 is 0 Å².